The number of nitrogens with zero attached hydrogens (tertiary/aromatic N) is 5. The molecule has 1 amide bonds. The first-order valence-corrected chi connectivity index (χ1v) is 11.1. The molecule has 0 atom stereocenters. The number of nitriles is 1. The first kappa shape index (κ1) is 21.6. The van der Waals surface area contributed by atoms with E-state index in [0.717, 1.165) is 37.7 Å². The third kappa shape index (κ3) is 5.34. The summed E-state index contributed by atoms with van der Waals surface area (Å²) < 4.78 is 13.2. The van der Waals surface area contributed by atoms with E-state index in [-0.39, 0.29) is 17.5 Å². The Morgan fingerprint density at radius 2 is 1.66 bits per heavy atom. The number of benzene rings is 2. The highest BCUT2D eigenvalue weighted by Crippen LogP contribution is 2.27. The summed E-state index contributed by atoms with van der Waals surface area (Å²) in [5.41, 5.74) is 2.19. The van der Waals surface area contributed by atoms with E-state index >= 15 is 0 Å². The maximum Gasteiger partial charge on any atom is 0.234 e. The van der Waals surface area contributed by atoms with Crippen molar-refractivity contribution >= 4 is 34.9 Å². The van der Waals surface area contributed by atoms with Gasteiger partial charge < -0.3 is 15.1 Å². The number of nitrogens with one attached hydrogen (secondary N) is 1. The highest BCUT2D eigenvalue weighted by molar-refractivity contribution is 8.00. The van der Waals surface area contributed by atoms with E-state index < -0.39 is 0 Å². The summed E-state index contributed by atoms with van der Waals surface area (Å²) in [5.74, 6) is 0.568. The van der Waals surface area contributed by atoms with Gasteiger partial charge in [0.2, 0.25) is 5.91 Å². The van der Waals surface area contributed by atoms with E-state index in [1.165, 1.54) is 23.9 Å². The molecule has 2 heterocycles. The lowest BCUT2D eigenvalue weighted by Gasteiger charge is -2.37. The van der Waals surface area contributed by atoms with Gasteiger partial charge in [0.15, 0.2) is 5.82 Å². The van der Waals surface area contributed by atoms with Crippen molar-refractivity contribution in [3.05, 3.63) is 72.3 Å². The molecule has 0 aliphatic carbocycles. The number of piperazine rings is 1. The average Bonchev–Trinajstić information content (AvgIpc) is 2.84. The zero-order valence-electron chi connectivity index (χ0n) is 17.2. The molecule has 1 N–H and O–H groups in total. The largest absolute Gasteiger partial charge is 0.368 e. The molecule has 162 valence electrons. The monoisotopic (exact) mass is 448 g/mol. The Morgan fingerprint density at radius 1 is 1.00 bits per heavy atom. The summed E-state index contributed by atoms with van der Waals surface area (Å²) in [5, 5.41) is 12.4. The lowest BCUT2D eigenvalue weighted by atomic mass is 10.2. The van der Waals surface area contributed by atoms with E-state index in [4.69, 9.17) is 5.26 Å². The molecule has 1 aliphatic heterocycles. The fourth-order valence-corrected chi connectivity index (χ4v) is 4.21. The van der Waals surface area contributed by atoms with Crippen molar-refractivity contribution in [2.75, 3.05) is 47.0 Å². The SMILES string of the molecule is N#Cc1ccc(NC(=O)CSc2nccnc2N2CCN(c3ccc(F)cc3)CC2)cc1. The Balaban J connectivity index is 1.34. The zero-order valence-corrected chi connectivity index (χ0v) is 18.1. The van der Waals surface area contributed by atoms with Crippen molar-refractivity contribution in [2.45, 2.75) is 5.03 Å². The van der Waals surface area contributed by atoms with Gasteiger partial charge in [-0.25, -0.2) is 14.4 Å². The van der Waals surface area contributed by atoms with Gasteiger partial charge >= 0.3 is 0 Å². The Hall–Kier alpha value is -3.64. The van der Waals surface area contributed by atoms with Gasteiger partial charge in [-0.3, -0.25) is 4.79 Å². The van der Waals surface area contributed by atoms with Gasteiger partial charge in [-0.2, -0.15) is 5.26 Å². The van der Waals surface area contributed by atoms with Crippen LogP contribution >= 0.6 is 11.8 Å². The van der Waals surface area contributed by atoms with E-state index in [1.807, 2.05) is 0 Å². The Morgan fingerprint density at radius 3 is 2.34 bits per heavy atom. The summed E-state index contributed by atoms with van der Waals surface area (Å²) in [6.07, 6.45) is 3.28. The van der Waals surface area contributed by atoms with Crippen LogP contribution in [0.3, 0.4) is 0 Å². The number of rotatable bonds is 6. The second-order valence-electron chi connectivity index (χ2n) is 7.16. The summed E-state index contributed by atoms with van der Waals surface area (Å²) in [7, 11) is 0. The molecule has 7 nitrogen and oxygen atoms in total. The van der Waals surface area contributed by atoms with Gasteiger partial charge in [0, 0.05) is 49.9 Å². The number of carbonyl (C=O) groups is 1. The predicted octanol–water partition coefficient (Wildman–Crippen LogP) is 3.54. The van der Waals surface area contributed by atoms with E-state index in [0.29, 0.717) is 16.3 Å². The van der Waals surface area contributed by atoms with Crippen LogP contribution in [0.25, 0.3) is 0 Å². The molecule has 1 fully saturated rings. The minimum absolute atomic E-state index is 0.155. The number of hydrogen-bond acceptors (Lipinski definition) is 7. The molecule has 2 aromatic carbocycles. The molecule has 0 unspecified atom stereocenters. The van der Waals surface area contributed by atoms with Gasteiger partial charge in [0.25, 0.3) is 0 Å². The maximum absolute atomic E-state index is 13.2. The molecule has 1 aliphatic rings. The van der Waals surface area contributed by atoms with E-state index in [1.54, 1.807) is 48.8 Å². The Kier molecular flexibility index (Phi) is 6.82. The van der Waals surface area contributed by atoms with Crippen molar-refractivity contribution in [1.29, 1.82) is 5.26 Å². The van der Waals surface area contributed by atoms with Gasteiger partial charge in [0.05, 0.1) is 17.4 Å². The number of hydrogen-bond donors (Lipinski definition) is 1. The predicted molar refractivity (Wildman–Crippen MR) is 123 cm³/mol. The average molecular weight is 449 g/mol. The number of anilines is 3. The van der Waals surface area contributed by atoms with Crippen LogP contribution in [0, 0.1) is 17.1 Å². The number of thioether (sulfide) groups is 1. The van der Waals surface area contributed by atoms with Crippen molar-refractivity contribution < 1.29 is 9.18 Å². The van der Waals surface area contributed by atoms with E-state index in [2.05, 4.69) is 31.2 Å². The fraction of sp³-hybridized carbons (Fsp3) is 0.217. The van der Waals surface area contributed by atoms with Crippen LogP contribution in [-0.4, -0.2) is 47.8 Å². The second kappa shape index (κ2) is 10.1. The lowest BCUT2D eigenvalue weighted by Crippen LogP contribution is -2.47. The molecule has 0 radical (unpaired) electrons. The van der Waals surface area contributed by atoms with Crippen molar-refractivity contribution in [3.63, 3.8) is 0 Å². The van der Waals surface area contributed by atoms with Crippen molar-refractivity contribution in [2.24, 2.45) is 0 Å². The van der Waals surface area contributed by atoms with Crippen molar-refractivity contribution in [1.82, 2.24) is 9.97 Å². The lowest BCUT2D eigenvalue weighted by molar-refractivity contribution is -0.113. The number of halogens is 1. The van der Waals surface area contributed by atoms with Crippen LogP contribution in [0.1, 0.15) is 5.56 Å². The quantitative estimate of drug-likeness (QED) is 0.577. The molecule has 9 heteroatoms. The molecule has 1 aromatic heterocycles. The van der Waals surface area contributed by atoms with Crippen LogP contribution in [-0.2, 0) is 4.79 Å². The van der Waals surface area contributed by atoms with Crippen molar-refractivity contribution in [3.8, 4) is 6.07 Å². The highest BCUT2D eigenvalue weighted by Gasteiger charge is 2.21. The summed E-state index contributed by atoms with van der Waals surface area (Å²) in [4.78, 5) is 25.7. The standard InChI is InChI=1S/C23H21FN6OS/c24-18-3-7-20(8-4-18)29-11-13-30(14-12-29)22-23(27-10-9-26-22)32-16-21(31)28-19-5-1-17(15-25)2-6-19/h1-10H,11-14,16H2,(H,28,31). The van der Waals surface area contributed by atoms with Gasteiger partial charge in [-0.15, -0.1) is 0 Å². The fourth-order valence-electron chi connectivity index (χ4n) is 3.42. The number of aromatic nitrogens is 2. The van der Waals surface area contributed by atoms with Gasteiger partial charge in [0.1, 0.15) is 10.8 Å². The molecule has 0 bridgehead atoms. The van der Waals surface area contributed by atoms with Crippen LogP contribution in [0.4, 0.5) is 21.6 Å². The summed E-state index contributed by atoms with van der Waals surface area (Å²) in [6, 6.07) is 15.3. The molecule has 32 heavy (non-hydrogen) atoms. The van der Waals surface area contributed by atoms with E-state index in [9.17, 15) is 9.18 Å². The molecule has 3 aromatic rings. The third-order valence-electron chi connectivity index (χ3n) is 5.06. The smallest absolute Gasteiger partial charge is 0.234 e. The van der Waals surface area contributed by atoms with Gasteiger partial charge in [-0.1, -0.05) is 11.8 Å². The number of carbonyl (C=O) groups excluding carboxylic acids is 1. The topological polar surface area (TPSA) is 85.1 Å². The summed E-state index contributed by atoms with van der Waals surface area (Å²) in [6.45, 7) is 3.07. The molecular weight excluding hydrogens is 427 g/mol. The molecule has 4 rings (SSSR count). The second-order valence-corrected chi connectivity index (χ2v) is 8.13. The zero-order chi connectivity index (χ0) is 22.3. The summed E-state index contributed by atoms with van der Waals surface area (Å²) >= 11 is 1.34. The number of amides is 1. The van der Waals surface area contributed by atoms with Gasteiger partial charge in [-0.05, 0) is 48.5 Å². The molecule has 0 spiro atoms. The minimum Gasteiger partial charge on any atom is -0.368 e. The molecule has 1 saturated heterocycles. The molecule has 0 saturated carbocycles. The van der Waals surface area contributed by atoms with Crippen LogP contribution in [0.5, 0.6) is 0 Å². The van der Waals surface area contributed by atoms with Crippen LogP contribution < -0.4 is 15.1 Å². The Labute approximate surface area is 189 Å². The molecular formula is C23H21FN6OS. The maximum atomic E-state index is 13.2. The van der Waals surface area contributed by atoms with Crippen LogP contribution in [0.2, 0.25) is 0 Å². The first-order chi connectivity index (χ1) is 15.6. The Bertz CT molecular complexity index is 1110. The highest BCUT2D eigenvalue weighted by atomic mass is 32.2. The minimum atomic E-state index is -0.239. The van der Waals surface area contributed by atoms with Crippen LogP contribution in [0.15, 0.2) is 66.0 Å². The first-order valence-electron chi connectivity index (χ1n) is 10.1. The normalized spacial score (nSPS) is 13.5. The third-order valence-corrected chi connectivity index (χ3v) is 6.02.